The van der Waals surface area contributed by atoms with Crippen LogP contribution in [0.25, 0.3) is 0 Å². The van der Waals surface area contributed by atoms with Gasteiger partial charge in [0.15, 0.2) is 11.6 Å². The molecule has 0 unspecified atom stereocenters. The summed E-state index contributed by atoms with van der Waals surface area (Å²) in [6.07, 6.45) is 4.63. The summed E-state index contributed by atoms with van der Waals surface area (Å²) in [5.41, 5.74) is 1.08. The molecule has 0 saturated heterocycles. The number of nitrogens with one attached hydrogen (secondary N) is 2. The van der Waals surface area contributed by atoms with Gasteiger partial charge < -0.3 is 10.6 Å². The minimum Gasteiger partial charge on any atom is -0.367 e. The third-order valence-electron chi connectivity index (χ3n) is 2.87. The van der Waals surface area contributed by atoms with E-state index in [0.717, 1.165) is 25.1 Å². The van der Waals surface area contributed by atoms with Gasteiger partial charge in [0.1, 0.15) is 0 Å². The van der Waals surface area contributed by atoms with Crippen molar-refractivity contribution >= 4 is 11.8 Å². The fourth-order valence-corrected chi connectivity index (χ4v) is 1.77. The first-order valence-corrected chi connectivity index (χ1v) is 6.68. The maximum absolute atomic E-state index is 13.6. The third kappa shape index (κ3) is 3.66. The monoisotopic (exact) mass is 278 g/mol. The number of rotatable bonds is 7. The maximum Gasteiger partial charge on any atom is 0.224 e. The summed E-state index contributed by atoms with van der Waals surface area (Å²) < 4.78 is 15.4. The standard InChI is InChI=1S/C13H19FN6/c1-3-6-16-13-17-9-11(14)12(19-13)15-7-4-10-5-8-18-20(10)2/h5,8-9H,3-4,6-7H2,1-2H3,(H2,15,16,17,19). The van der Waals surface area contributed by atoms with Gasteiger partial charge in [-0.3, -0.25) is 4.68 Å². The average molecular weight is 278 g/mol. The molecule has 20 heavy (non-hydrogen) atoms. The molecular formula is C13H19FN6. The molecular weight excluding hydrogens is 259 g/mol. The quantitative estimate of drug-likeness (QED) is 0.808. The molecule has 0 atom stereocenters. The van der Waals surface area contributed by atoms with Crippen LogP contribution in [0.3, 0.4) is 0 Å². The molecule has 0 aliphatic rings. The van der Waals surface area contributed by atoms with Gasteiger partial charge >= 0.3 is 0 Å². The van der Waals surface area contributed by atoms with E-state index in [-0.39, 0.29) is 5.82 Å². The Morgan fingerprint density at radius 2 is 2.15 bits per heavy atom. The summed E-state index contributed by atoms with van der Waals surface area (Å²) in [5, 5.41) is 10.1. The molecule has 7 heteroatoms. The van der Waals surface area contributed by atoms with Crippen LogP contribution in [0.5, 0.6) is 0 Å². The number of halogens is 1. The third-order valence-corrected chi connectivity index (χ3v) is 2.87. The lowest BCUT2D eigenvalue weighted by molar-refractivity contribution is 0.616. The van der Waals surface area contributed by atoms with Crippen molar-refractivity contribution in [3.8, 4) is 0 Å². The summed E-state index contributed by atoms with van der Waals surface area (Å²) in [6.45, 7) is 3.39. The van der Waals surface area contributed by atoms with Crippen molar-refractivity contribution in [3.05, 3.63) is 30.0 Å². The number of anilines is 2. The maximum atomic E-state index is 13.6. The van der Waals surface area contributed by atoms with Gasteiger partial charge in [-0.2, -0.15) is 10.1 Å². The molecule has 2 heterocycles. The van der Waals surface area contributed by atoms with E-state index in [1.165, 1.54) is 6.20 Å². The smallest absolute Gasteiger partial charge is 0.224 e. The Bertz CT molecular complexity index is 554. The van der Waals surface area contributed by atoms with Gasteiger partial charge in [-0.1, -0.05) is 6.92 Å². The second-order valence-electron chi connectivity index (χ2n) is 4.44. The summed E-state index contributed by atoms with van der Waals surface area (Å²) in [7, 11) is 1.88. The Hall–Kier alpha value is -2.18. The van der Waals surface area contributed by atoms with E-state index < -0.39 is 5.82 Å². The Morgan fingerprint density at radius 3 is 2.85 bits per heavy atom. The highest BCUT2D eigenvalue weighted by Crippen LogP contribution is 2.12. The van der Waals surface area contributed by atoms with Crippen molar-refractivity contribution in [1.29, 1.82) is 0 Å². The highest BCUT2D eigenvalue weighted by atomic mass is 19.1. The zero-order valence-corrected chi connectivity index (χ0v) is 11.7. The number of aromatic nitrogens is 4. The fourth-order valence-electron chi connectivity index (χ4n) is 1.77. The van der Waals surface area contributed by atoms with Crippen LogP contribution in [0.1, 0.15) is 19.0 Å². The van der Waals surface area contributed by atoms with E-state index in [9.17, 15) is 4.39 Å². The fraction of sp³-hybridized carbons (Fsp3) is 0.462. The summed E-state index contributed by atoms with van der Waals surface area (Å²) in [6, 6.07) is 1.94. The van der Waals surface area contributed by atoms with Crippen LogP contribution in [0.15, 0.2) is 18.5 Å². The Kier molecular flexibility index (Phi) is 4.86. The molecule has 0 radical (unpaired) electrons. The molecule has 2 aromatic rings. The predicted molar refractivity (Wildman–Crippen MR) is 76.2 cm³/mol. The molecule has 2 rings (SSSR count). The second kappa shape index (κ2) is 6.83. The number of hydrogen-bond donors (Lipinski definition) is 2. The van der Waals surface area contributed by atoms with E-state index in [0.29, 0.717) is 12.5 Å². The molecule has 2 aromatic heterocycles. The van der Waals surface area contributed by atoms with Crippen molar-refractivity contribution in [2.45, 2.75) is 19.8 Å². The minimum absolute atomic E-state index is 0.223. The SMILES string of the molecule is CCCNc1ncc(F)c(NCCc2ccnn2C)n1. The molecule has 0 spiro atoms. The largest absolute Gasteiger partial charge is 0.367 e. The highest BCUT2D eigenvalue weighted by Gasteiger charge is 2.06. The lowest BCUT2D eigenvalue weighted by Gasteiger charge is -2.09. The van der Waals surface area contributed by atoms with E-state index in [2.05, 4.69) is 25.7 Å². The van der Waals surface area contributed by atoms with Gasteiger partial charge in [0, 0.05) is 38.4 Å². The van der Waals surface area contributed by atoms with Crippen molar-refractivity contribution in [2.24, 2.45) is 7.05 Å². The first-order valence-electron chi connectivity index (χ1n) is 6.68. The van der Waals surface area contributed by atoms with Crippen molar-refractivity contribution in [1.82, 2.24) is 19.7 Å². The summed E-state index contributed by atoms with van der Waals surface area (Å²) in [5.74, 6) is 0.217. The molecule has 6 nitrogen and oxygen atoms in total. The molecule has 0 aliphatic carbocycles. The Balaban J connectivity index is 1.92. The van der Waals surface area contributed by atoms with Crippen LogP contribution in [0.4, 0.5) is 16.2 Å². The Labute approximate surface area is 117 Å². The van der Waals surface area contributed by atoms with E-state index in [1.807, 2.05) is 20.0 Å². The van der Waals surface area contributed by atoms with Crippen LogP contribution in [-0.2, 0) is 13.5 Å². The summed E-state index contributed by atoms with van der Waals surface area (Å²) in [4.78, 5) is 8.02. The number of nitrogens with zero attached hydrogens (tertiary/aromatic N) is 4. The van der Waals surface area contributed by atoms with Gasteiger partial charge in [-0.25, -0.2) is 9.37 Å². The lowest BCUT2D eigenvalue weighted by atomic mass is 10.3. The normalized spacial score (nSPS) is 10.6. The second-order valence-corrected chi connectivity index (χ2v) is 4.44. The zero-order valence-electron chi connectivity index (χ0n) is 11.7. The average Bonchev–Trinajstić information content (AvgIpc) is 2.85. The first-order chi connectivity index (χ1) is 9.70. The molecule has 0 bridgehead atoms. The molecule has 0 fully saturated rings. The topological polar surface area (TPSA) is 67.7 Å². The van der Waals surface area contributed by atoms with Gasteiger partial charge in [-0.15, -0.1) is 0 Å². The Morgan fingerprint density at radius 1 is 1.30 bits per heavy atom. The van der Waals surface area contributed by atoms with Crippen LogP contribution in [-0.4, -0.2) is 32.8 Å². The lowest BCUT2D eigenvalue weighted by Crippen LogP contribution is -2.12. The van der Waals surface area contributed by atoms with Crippen LogP contribution in [0, 0.1) is 5.82 Å². The minimum atomic E-state index is -0.447. The number of hydrogen-bond acceptors (Lipinski definition) is 5. The molecule has 0 aromatic carbocycles. The highest BCUT2D eigenvalue weighted by molar-refractivity contribution is 5.41. The van der Waals surface area contributed by atoms with Crippen molar-refractivity contribution < 1.29 is 4.39 Å². The summed E-state index contributed by atoms with van der Waals surface area (Å²) >= 11 is 0. The van der Waals surface area contributed by atoms with E-state index in [1.54, 1.807) is 10.9 Å². The molecule has 0 saturated carbocycles. The molecule has 0 aliphatic heterocycles. The van der Waals surface area contributed by atoms with Crippen LogP contribution in [0.2, 0.25) is 0 Å². The van der Waals surface area contributed by atoms with E-state index in [4.69, 9.17) is 0 Å². The van der Waals surface area contributed by atoms with E-state index >= 15 is 0 Å². The van der Waals surface area contributed by atoms with Gasteiger partial charge in [0.25, 0.3) is 0 Å². The zero-order chi connectivity index (χ0) is 14.4. The number of aryl methyl sites for hydroxylation is 1. The molecule has 0 amide bonds. The van der Waals surface area contributed by atoms with Gasteiger partial charge in [-0.05, 0) is 12.5 Å². The molecule has 108 valence electrons. The van der Waals surface area contributed by atoms with Crippen LogP contribution >= 0.6 is 0 Å². The van der Waals surface area contributed by atoms with Crippen molar-refractivity contribution in [2.75, 3.05) is 23.7 Å². The van der Waals surface area contributed by atoms with Gasteiger partial charge in [0.05, 0.1) is 6.20 Å². The van der Waals surface area contributed by atoms with Crippen molar-refractivity contribution in [3.63, 3.8) is 0 Å². The molecule has 2 N–H and O–H groups in total. The van der Waals surface area contributed by atoms with Crippen LogP contribution < -0.4 is 10.6 Å². The first kappa shape index (κ1) is 14.2. The predicted octanol–water partition coefficient (Wildman–Crippen LogP) is 1.83. The van der Waals surface area contributed by atoms with Gasteiger partial charge in [0.2, 0.25) is 5.95 Å².